The van der Waals surface area contributed by atoms with Gasteiger partial charge in [0, 0.05) is 12.6 Å². The molecule has 11 heteroatoms. The summed E-state index contributed by atoms with van der Waals surface area (Å²) >= 11 is 0. The van der Waals surface area contributed by atoms with Crippen molar-refractivity contribution < 1.29 is 32.3 Å². The molecule has 33 heavy (non-hydrogen) atoms. The van der Waals surface area contributed by atoms with E-state index >= 15 is 0 Å². The molecule has 0 aliphatic carbocycles. The van der Waals surface area contributed by atoms with E-state index in [1.54, 1.807) is 25.1 Å². The molecule has 0 radical (unpaired) electrons. The van der Waals surface area contributed by atoms with Crippen LogP contribution < -0.4 is 14.8 Å². The van der Waals surface area contributed by atoms with Crippen molar-refractivity contribution in [2.75, 3.05) is 38.8 Å². The lowest BCUT2D eigenvalue weighted by Crippen LogP contribution is -2.49. The predicted octanol–water partition coefficient (Wildman–Crippen LogP) is 1.14. The summed E-state index contributed by atoms with van der Waals surface area (Å²) in [4.78, 5) is 41.6. The highest BCUT2D eigenvalue weighted by Crippen LogP contribution is 2.35. The first-order valence-corrected chi connectivity index (χ1v) is 12.6. The zero-order chi connectivity index (χ0) is 24.6. The van der Waals surface area contributed by atoms with Crippen LogP contribution in [0.25, 0.3) is 0 Å². The van der Waals surface area contributed by atoms with Crippen LogP contribution in [0.2, 0.25) is 0 Å². The van der Waals surface area contributed by atoms with Gasteiger partial charge in [-0.25, -0.2) is 13.2 Å². The molecule has 10 nitrogen and oxygen atoms in total. The number of hydrogen-bond donors (Lipinski definition) is 1. The van der Waals surface area contributed by atoms with E-state index in [0.29, 0.717) is 30.0 Å². The minimum Gasteiger partial charge on any atom is -0.493 e. The van der Waals surface area contributed by atoms with Gasteiger partial charge < -0.3 is 19.7 Å². The van der Waals surface area contributed by atoms with Crippen molar-refractivity contribution in [3.63, 3.8) is 0 Å². The van der Waals surface area contributed by atoms with E-state index in [-0.39, 0.29) is 17.4 Å². The number of benzene rings is 1. The normalized spacial score (nSPS) is 24.2. The molecule has 2 heterocycles. The maximum absolute atomic E-state index is 13.3. The third-order valence-corrected chi connectivity index (χ3v) is 7.81. The lowest BCUT2D eigenvalue weighted by molar-refractivity contribution is -0.140. The van der Waals surface area contributed by atoms with E-state index in [1.807, 2.05) is 13.8 Å². The van der Waals surface area contributed by atoms with Crippen molar-refractivity contribution in [3.05, 3.63) is 23.8 Å². The van der Waals surface area contributed by atoms with Gasteiger partial charge in [-0.15, -0.1) is 0 Å². The quantitative estimate of drug-likeness (QED) is 0.553. The van der Waals surface area contributed by atoms with Gasteiger partial charge in [0.25, 0.3) is 5.91 Å². The number of amides is 4. The molecule has 4 amide bonds. The third kappa shape index (κ3) is 4.92. The SMILES string of the molecule is COc1ccc([C@]2(C)NC(=O)N(CC(=O)N(CC(C)C)[C@@H]3CCS(=O)(=O)C3)C2=O)cc1OC. The molecule has 1 N–H and O–H groups in total. The highest BCUT2D eigenvalue weighted by atomic mass is 32.2. The second-order valence-corrected chi connectivity index (χ2v) is 11.2. The average Bonchev–Trinajstić information content (AvgIpc) is 3.22. The Bertz CT molecular complexity index is 1060. The van der Waals surface area contributed by atoms with Crippen molar-refractivity contribution in [1.82, 2.24) is 15.1 Å². The molecule has 1 aromatic rings. The number of urea groups is 1. The number of ether oxygens (including phenoxy) is 2. The highest BCUT2D eigenvalue weighted by Gasteiger charge is 2.50. The van der Waals surface area contributed by atoms with Crippen LogP contribution in [0.1, 0.15) is 32.8 Å². The van der Waals surface area contributed by atoms with Crippen molar-refractivity contribution in [2.24, 2.45) is 5.92 Å². The largest absolute Gasteiger partial charge is 0.493 e. The Labute approximate surface area is 194 Å². The lowest BCUT2D eigenvalue weighted by Gasteiger charge is -2.31. The zero-order valence-electron chi connectivity index (χ0n) is 19.6. The number of rotatable bonds is 8. The summed E-state index contributed by atoms with van der Waals surface area (Å²) < 4.78 is 34.4. The van der Waals surface area contributed by atoms with E-state index in [2.05, 4.69) is 5.32 Å². The van der Waals surface area contributed by atoms with Gasteiger partial charge in [0.15, 0.2) is 21.3 Å². The molecule has 0 bridgehead atoms. The summed E-state index contributed by atoms with van der Waals surface area (Å²) in [6.45, 7) is 5.29. The van der Waals surface area contributed by atoms with Crippen LogP contribution in [0.3, 0.4) is 0 Å². The molecule has 2 fully saturated rings. The highest BCUT2D eigenvalue weighted by molar-refractivity contribution is 7.91. The maximum Gasteiger partial charge on any atom is 0.325 e. The van der Waals surface area contributed by atoms with Gasteiger partial charge in [-0.3, -0.25) is 14.5 Å². The Morgan fingerprint density at radius 3 is 2.45 bits per heavy atom. The Balaban J connectivity index is 1.83. The average molecular weight is 482 g/mol. The number of nitrogens with one attached hydrogen (secondary N) is 1. The Morgan fingerprint density at radius 2 is 1.91 bits per heavy atom. The number of methoxy groups -OCH3 is 2. The van der Waals surface area contributed by atoms with Gasteiger partial charge >= 0.3 is 6.03 Å². The van der Waals surface area contributed by atoms with Crippen molar-refractivity contribution >= 4 is 27.7 Å². The van der Waals surface area contributed by atoms with Crippen LogP contribution in [0.4, 0.5) is 4.79 Å². The molecule has 0 spiro atoms. The van der Waals surface area contributed by atoms with E-state index in [4.69, 9.17) is 9.47 Å². The van der Waals surface area contributed by atoms with E-state index < -0.39 is 45.8 Å². The standard InChI is InChI=1S/C22H31N3O7S/c1-14(2)11-24(16-8-9-33(29,30)13-16)19(26)12-25-20(27)22(3,23-21(25)28)15-6-7-17(31-4)18(10-15)32-5/h6-7,10,14,16H,8-9,11-13H2,1-5H3,(H,23,28)/t16-,22+/m1/s1. The Hall–Kier alpha value is -2.82. The first-order chi connectivity index (χ1) is 15.4. The van der Waals surface area contributed by atoms with Gasteiger partial charge in [-0.05, 0) is 37.0 Å². The summed E-state index contributed by atoms with van der Waals surface area (Å²) in [5.74, 6) is -0.127. The van der Waals surface area contributed by atoms with Crippen LogP contribution in [-0.2, 0) is 25.0 Å². The van der Waals surface area contributed by atoms with Crippen LogP contribution in [-0.4, -0.2) is 80.9 Å². The van der Waals surface area contributed by atoms with Crippen LogP contribution in [0.5, 0.6) is 11.5 Å². The van der Waals surface area contributed by atoms with Gasteiger partial charge in [-0.1, -0.05) is 19.9 Å². The molecule has 0 unspecified atom stereocenters. The first-order valence-electron chi connectivity index (χ1n) is 10.8. The summed E-state index contributed by atoms with van der Waals surface area (Å²) in [6.07, 6.45) is 0.351. The minimum atomic E-state index is -3.20. The molecule has 1 aromatic carbocycles. The second-order valence-electron chi connectivity index (χ2n) is 9.01. The Morgan fingerprint density at radius 1 is 1.24 bits per heavy atom. The fraction of sp³-hybridized carbons (Fsp3) is 0.591. The van der Waals surface area contributed by atoms with E-state index in [0.717, 1.165) is 4.90 Å². The fourth-order valence-electron chi connectivity index (χ4n) is 4.28. The fourth-order valence-corrected chi connectivity index (χ4v) is 6.01. The summed E-state index contributed by atoms with van der Waals surface area (Å²) in [7, 11) is -0.239. The maximum atomic E-state index is 13.3. The van der Waals surface area contributed by atoms with Gasteiger partial charge in [0.2, 0.25) is 5.91 Å². The molecule has 0 aromatic heterocycles. The zero-order valence-corrected chi connectivity index (χ0v) is 20.4. The monoisotopic (exact) mass is 481 g/mol. The van der Waals surface area contributed by atoms with Gasteiger partial charge in [0.1, 0.15) is 12.1 Å². The molecule has 2 saturated heterocycles. The third-order valence-electron chi connectivity index (χ3n) is 6.06. The number of hydrogen-bond acceptors (Lipinski definition) is 7. The number of sulfone groups is 1. The number of nitrogens with zero attached hydrogens (tertiary/aromatic N) is 2. The number of carbonyl (C=O) groups excluding carboxylic acids is 3. The van der Waals surface area contributed by atoms with E-state index in [1.165, 1.54) is 19.1 Å². The first kappa shape index (κ1) is 24.8. The lowest BCUT2D eigenvalue weighted by atomic mass is 9.91. The molecule has 2 aliphatic heterocycles. The molecule has 3 rings (SSSR count). The summed E-state index contributed by atoms with van der Waals surface area (Å²) in [5.41, 5.74) is -0.911. The van der Waals surface area contributed by atoms with Crippen LogP contribution >= 0.6 is 0 Å². The van der Waals surface area contributed by atoms with Crippen molar-refractivity contribution in [2.45, 2.75) is 38.8 Å². The van der Waals surface area contributed by atoms with Crippen LogP contribution in [0.15, 0.2) is 18.2 Å². The van der Waals surface area contributed by atoms with E-state index in [9.17, 15) is 22.8 Å². The topological polar surface area (TPSA) is 122 Å². The number of imide groups is 1. The van der Waals surface area contributed by atoms with Gasteiger partial charge in [0.05, 0.1) is 25.7 Å². The molecule has 182 valence electrons. The molecule has 2 atom stereocenters. The van der Waals surface area contributed by atoms with Crippen LogP contribution in [0, 0.1) is 5.92 Å². The van der Waals surface area contributed by atoms with Crippen molar-refractivity contribution in [1.29, 1.82) is 0 Å². The minimum absolute atomic E-state index is 0.0278. The molecule has 2 aliphatic rings. The second kappa shape index (κ2) is 9.20. The molecule has 0 saturated carbocycles. The summed E-state index contributed by atoms with van der Waals surface area (Å²) in [6, 6.07) is 3.75. The smallest absolute Gasteiger partial charge is 0.325 e. The van der Waals surface area contributed by atoms with Crippen molar-refractivity contribution in [3.8, 4) is 11.5 Å². The molecular formula is C22H31N3O7S. The Kier molecular flexibility index (Phi) is 6.92. The predicted molar refractivity (Wildman–Crippen MR) is 121 cm³/mol. The molecular weight excluding hydrogens is 450 g/mol. The van der Waals surface area contributed by atoms with Gasteiger partial charge in [-0.2, -0.15) is 0 Å². The number of carbonyl (C=O) groups is 3. The summed E-state index contributed by atoms with van der Waals surface area (Å²) in [5, 5.41) is 2.68.